The fourth-order valence-electron chi connectivity index (χ4n) is 2.34. The van der Waals surface area contributed by atoms with Gasteiger partial charge in [0.05, 0.1) is 6.61 Å². The standard InChI is InChI=1S/C17H23NO2/c1-18-13-16-15-8-4-3-7-14(15)9-10-17(16)20-12-6-5-11-19-2/h3-4,7-10,18H,5-6,11-13H2,1-2H3. The Kier molecular flexibility index (Phi) is 5.84. The van der Waals surface area contributed by atoms with E-state index in [1.165, 1.54) is 16.3 Å². The Labute approximate surface area is 120 Å². The van der Waals surface area contributed by atoms with Gasteiger partial charge in [-0.25, -0.2) is 0 Å². The van der Waals surface area contributed by atoms with Gasteiger partial charge in [-0.2, -0.15) is 0 Å². The average molecular weight is 273 g/mol. The van der Waals surface area contributed by atoms with Crippen LogP contribution in [0.25, 0.3) is 10.8 Å². The first kappa shape index (κ1) is 14.8. The minimum atomic E-state index is 0.735. The molecule has 0 spiro atoms. The molecule has 108 valence electrons. The normalized spacial score (nSPS) is 10.9. The number of methoxy groups -OCH3 is 1. The molecule has 0 aliphatic heterocycles. The summed E-state index contributed by atoms with van der Waals surface area (Å²) in [6, 6.07) is 12.6. The number of benzene rings is 2. The van der Waals surface area contributed by atoms with Crippen LogP contribution in [0.3, 0.4) is 0 Å². The summed E-state index contributed by atoms with van der Waals surface area (Å²) in [7, 11) is 3.69. The predicted molar refractivity (Wildman–Crippen MR) is 83.3 cm³/mol. The second-order valence-electron chi connectivity index (χ2n) is 4.84. The van der Waals surface area contributed by atoms with Crippen molar-refractivity contribution in [2.24, 2.45) is 0 Å². The van der Waals surface area contributed by atoms with Gasteiger partial charge in [0, 0.05) is 25.8 Å². The largest absolute Gasteiger partial charge is 0.493 e. The van der Waals surface area contributed by atoms with E-state index in [1.54, 1.807) is 7.11 Å². The van der Waals surface area contributed by atoms with Crippen molar-refractivity contribution >= 4 is 10.8 Å². The van der Waals surface area contributed by atoms with Crippen molar-refractivity contribution in [3.05, 3.63) is 42.0 Å². The minimum absolute atomic E-state index is 0.735. The van der Waals surface area contributed by atoms with E-state index in [9.17, 15) is 0 Å². The van der Waals surface area contributed by atoms with E-state index in [4.69, 9.17) is 9.47 Å². The molecule has 0 heterocycles. The zero-order chi connectivity index (χ0) is 14.2. The van der Waals surface area contributed by atoms with Crippen molar-refractivity contribution in [1.29, 1.82) is 0 Å². The molecule has 3 nitrogen and oxygen atoms in total. The zero-order valence-electron chi connectivity index (χ0n) is 12.3. The van der Waals surface area contributed by atoms with Gasteiger partial charge < -0.3 is 14.8 Å². The molecule has 20 heavy (non-hydrogen) atoms. The highest BCUT2D eigenvalue weighted by Gasteiger charge is 2.07. The van der Waals surface area contributed by atoms with E-state index < -0.39 is 0 Å². The molecule has 0 aromatic heterocycles. The van der Waals surface area contributed by atoms with Gasteiger partial charge in [0.15, 0.2) is 0 Å². The molecule has 0 amide bonds. The third-order valence-electron chi connectivity index (χ3n) is 3.35. The smallest absolute Gasteiger partial charge is 0.124 e. The van der Waals surface area contributed by atoms with E-state index in [1.807, 2.05) is 7.05 Å². The van der Waals surface area contributed by atoms with Gasteiger partial charge in [0.25, 0.3) is 0 Å². The first-order valence-electron chi connectivity index (χ1n) is 7.13. The fourth-order valence-corrected chi connectivity index (χ4v) is 2.34. The lowest BCUT2D eigenvalue weighted by Crippen LogP contribution is -2.09. The molecule has 3 heteroatoms. The van der Waals surface area contributed by atoms with Gasteiger partial charge in [0.2, 0.25) is 0 Å². The van der Waals surface area contributed by atoms with E-state index in [-0.39, 0.29) is 0 Å². The summed E-state index contributed by atoms with van der Waals surface area (Å²) in [5.74, 6) is 0.982. The van der Waals surface area contributed by atoms with Crippen LogP contribution in [0.15, 0.2) is 36.4 Å². The van der Waals surface area contributed by atoms with Crippen LogP contribution < -0.4 is 10.1 Å². The van der Waals surface area contributed by atoms with Gasteiger partial charge in [-0.1, -0.05) is 30.3 Å². The lowest BCUT2D eigenvalue weighted by Gasteiger charge is -2.14. The Morgan fingerprint density at radius 2 is 1.80 bits per heavy atom. The van der Waals surface area contributed by atoms with Crippen LogP contribution in [0.1, 0.15) is 18.4 Å². The van der Waals surface area contributed by atoms with Crippen LogP contribution in [-0.4, -0.2) is 27.4 Å². The molecule has 0 atom stereocenters. The number of hydrogen-bond acceptors (Lipinski definition) is 3. The maximum Gasteiger partial charge on any atom is 0.124 e. The van der Waals surface area contributed by atoms with E-state index in [0.29, 0.717) is 0 Å². The Morgan fingerprint density at radius 1 is 1.00 bits per heavy atom. The topological polar surface area (TPSA) is 30.5 Å². The number of ether oxygens (including phenoxy) is 2. The molecular weight excluding hydrogens is 250 g/mol. The molecule has 0 radical (unpaired) electrons. The first-order chi connectivity index (χ1) is 9.86. The molecule has 1 N–H and O–H groups in total. The molecule has 0 saturated carbocycles. The maximum atomic E-state index is 5.95. The van der Waals surface area contributed by atoms with Crippen LogP contribution >= 0.6 is 0 Å². The van der Waals surface area contributed by atoms with Crippen molar-refractivity contribution in [2.45, 2.75) is 19.4 Å². The Hall–Kier alpha value is -1.58. The summed E-state index contributed by atoms with van der Waals surface area (Å²) >= 11 is 0. The highest BCUT2D eigenvalue weighted by Crippen LogP contribution is 2.28. The number of rotatable bonds is 8. The highest BCUT2D eigenvalue weighted by molar-refractivity contribution is 5.87. The highest BCUT2D eigenvalue weighted by atomic mass is 16.5. The minimum Gasteiger partial charge on any atom is -0.493 e. The SMILES string of the molecule is CNCc1c(OCCCCOC)ccc2ccccc12. The van der Waals surface area contributed by atoms with Gasteiger partial charge >= 0.3 is 0 Å². The van der Waals surface area contributed by atoms with E-state index in [2.05, 4.69) is 41.7 Å². The molecule has 2 aromatic carbocycles. The molecule has 0 unspecified atom stereocenters. The van der Waals surface area contributed by atoms with Crippen molar-refractivity contribution in [1.82, 2.24) is 5.32 Å². The van der Waals surface area contributed by atoms with Crippen LogP contribution in [0, 0.1) is 0 Å². The van der Waals surface area contributed by atoms with Gasteiger partial charge in [-0.15, -0.1) is 0 Å². The monoisotopic (exact) mass is 273 g/mol. The molecule has 2 aromatic rings. The summed E-state index contributed by atoms with van der Waals surface area (Å²) in [5, 5.41) is 5.74. The molecule has 0 saturated heterocycles. The van der Waals surface area contributed by atoms with Crippen LogP contribution in [0.5, 0.6) is 5.75 Å². The second kappa shape index (κ2) is 7.88. The molecule has 0 fully saturated rings. The Morgan fingerprint density at radius 3 is 2.60 bits per heavy atom. The molecule has 0 aliphatic carbocycles. The predicted octanol–water partition coefficient (Wildman–Crippen LogP) is 3.36. The third kappa shape index (κ3) is 3.71. The van der Waals surface area contributed by atoms with Gasteiger partial charge in [-0.3, -0.25) is 0 Å². The molecule has 2 rings (SSSR count). The first-order valence-corrected chi connectivity index (χ1v) is 7.13. The van der Waals surface area contributed by atoms with Gasteiger partial charge in [-0.05, 0) is 36.7 Å². The zero-order valence-corrected chi connectivity index (χ0v) is 12.3. The van der Waals surface area contributed by atoms with Gasteiger partial charge in [0.1, 0.15) is 5.75 Å². The summed E-state index contributed by atoms with van der Waals surface area (Å²) in [6.45, 7) is 2.34. The number of hydrogen-bond donors (Lipinski definition) is 1. The van der Waals surface area contributed by atoms with Crippen molar-refractivity contribution < 1.29 is 9.47 Å². The molecular formula is C17H23NO2. The van der Waals surface area contributed by atoms with E-state index in [0.717, 1.165) is 38.3 Å². The van der Waals surface area contributed by atoms with Crippen LogP contribution in [0.2, 0.25) is 0 Å². The summed E-state index contributed by atoms with van der Waals surface area (Å²) in [5.41, 5.74) is 1.23. The van der Waals surface area contributed by atoms with Crippen molar-refractivity contribution in [3.8, 4) is 5.75 Å². The quantitative estimate of drug-likeness (QED) is 0.748. The van der Waals surface area contributed by atoms with Crippen LogP contribution in [-0.2, 0) is 11.3 Å². The average Bonchev–Trinajstić information content (AvgIpc) is 2.49. The Balaban J connectivity index is 2.13. The second-order valence-corrected chi connectivity index (χ2v) is 4.84. The fraction of sp³-hybridized carbons (Fsp3) is 0.412. The summed E-state index contributed by atoms with van der Waals surface area (Å²) < 4.78 is 11.0. The maximum absolute atomic E-state index is 5.95. The van der Waals surface area contributed by atoms with E-state index >= 15 is 0 Å². The van der Waals surface area contributed by atoms with Crippen molar-refractivity contribution in [3.63, 3.8) is 0 Å². The number of unbranched alkanes of at least 4 members (excludes halogenated alkanes) is 1. The summed E-state index contributed by atoms with van der Waals surface area (Å²) in [4.78, 5) is 0. The van der Waals surface area contributed by atoms with Crippen LogP contribution in [0.4, 0.5) is 0 Å². The Bertz CT molecular complexity index is 540. The molecule has 0 aliphatic rings. The number of fused-ring (bicyclic) bond motifs is 1. The lowest BCUT2D eigenvalue weighted by molar-refractivity contribution is 0.184. The number of nitrogens with one attached hydrogen (secondary N) is 1. The lowest BCUT2D eigenvalue weighted by atomic mass is 10.0. The van der Waals surface area contributed by atoms with Crippen molar-refractivity contribution in [2.75, 3.05) is 27.4 Å². The third-order valence-corrected chi connectivity index (χ3v) is 3.35. The molecule has 0 bridgehead atoms. The summed E-state index contributed by atoms with van der Waals surface area (Å²) in [6.07, 6.45) is 2.05.